The lowest BCUT2D eigenvalue weighted by Crippen LogP contribution is -2.43. The second-order valence-electron chi connectivity index (χ2n) is 6.02. The largest absolute Gasteiger partial charge is 0.293 e. The third-order valence-electron chi connectivity index (χ3n) is 4.64. The van der Waals surface area contributed by atoms with Gasteiger partial charge in [-0.2, -0.15) is 0 Å². The quantitative estimate of drug-likeness (QED) is 0.466. The molecule has 0 spiro atoms. The highest BCUT2D eigenvalue weighted by molar-refractivity contribution is 6.24. The molecule has 0 aliphatic heterocycles. The Morgan fingerprint density at radius 3 is 1.36 bits per heavy atom. The van der Waals surface area contributed by atoms with Crippen LogP contribution >= 0.6 is 0 Å². The van der Waals surface area contributed by atoms with Crippen LogP contribution in [-0.2, 0) is 5.41 Å². The van der Waals surface area contributed by atoms with Crippen molar-refractivity contribution in [3.63, 3.8) is 0 Å². The first-order valence-electron chi connectivity index (χ1n) is 8.45. The summed E-state index contributed by atoms with van der Waals surface area (Å²) in [4.78, 5) is 27.0. The van der Waals surface area contributed by atoms with Gasteiger partial charge in [0.2, 0.25) is 0 Å². The standard InChI is InChI=1S/C23H20O2/c1-2-23(20-16-10-5-11-17-20,21(24)18-12-6-3-7-13-18)22(25)19-14-8-4-9-15-19/h3-17H,2H2,1H3. The predicted molar refractivity (Wildman–Crippen MR) is 100.0 cm³/mol. The molecule has 3 aromatic rings. The van der Waals surface area contributed by atoms with E-state index < -0.39 is 5.41 Å². The molecule has 2 nitrogen and oxygen atoms in total. The van der Waals surface area contributed by atoms with Gasteiger partial charge in [0.15, 0.2) is 11.6 Å². The van der Waals surface area contributed by atoms with Gasteiger partial charge in [-0.25, -0.2) is 0 Å². The first-order chi connectivity index (χ1) is 12.2. The molecule has 0 unspecified atom stereocenters. The molecule has 0 aliphatic carbocycles. The average Bonchev–Trinajstić information content (AvgIpc) is 2.71. The minimum Gasteiger partial charge on any atom is -0.293 e. The van der Waals surface area contributed by atoms with E-state index >= 15 is 0 Å². The Labute approximate surface area is 148 Å². The Morgan fingerprint density at radius 2 is 1.00 bits per heavy atom. The van der Waals surface area contributed by atoms with E-state index in [2.05, 4.69) is 0 Å². The monoisotopic (exact) mass is 328 g/mol. The third kappa shape index (κ3) is 3.03. The molecule has 0 amide bonds. The number of hydrogen-bond acceptors (Lipinski definition) is 2. The van der Waals surface area contributed by atoms with Crippen LogP contribution in [0, 0.1) is 0 Å². The number of benzene rings is 3. The van der Waals surface area contributed by atoms with Gasteiger partial charge >= 0.3 is 0 Å². The SMILES string of the molecule is CCC(C(=O)c1ccccc1)(C(=O)c1ccccc1)c1ccccc1. The molecule has 0 aliphatic rings. The minimum absolute atomic E-state index is 0.157. The molecule has 2 heteroatoms. The van der Waals surface area contributed by atoms with Gasteiger partial charge in [0.05, 0.1) is 0 Å². The highest BCUT2D eigenvalue weighted by Gasteiger charge is 2.46. The van der Waals surface area contributed by atoms with E-state index in [4.69, 9.17) is 0 Å². The number of hydrogen-bond donors (Lipinski definition) is 0. The summed E-state index contributed by atoms with van der Waals surface area (Å²) in [6.45, 7) is 1.90. The van der Waals surface area contributed by atoms with Gasteiger partial charge in [0.25, 0.3) is 0 Å². The van der Waals surface area contributed by atoms with Gasteiger partial charge in [-0.3, -0.25) is 9.59 Å². The lowest BCUT2D eigenvalue weighted by atomic mass is 9.68. The lowest BCUT2D eigenvalue weighted by Gasteiger charge is -2.30. The van der Waals surface area contributed by atoms with Crippen LogP contribution < -0.4 is 0 Å². The van der Waals surface area contributed by atoms with Crippen LogP contribution in [0.2, 0.25) is 0 Å². The van der Waals surface area contributed by atoms with Gasteiger partial charge in [-0.1, -0.05) is 97.9 Å². The zero-order chi connectivity index (χ0) is 17.7. The number of Topliss-reactive ketones (excluding diaryl/α,β-unsaturated/α-hetero) is 2. The second kappa shape index (κ2) is 7.27. The Hall–Kier alpha value is -3.00. The van der Waals surface area contributed by atoms with Crippen LogP contribution in [0.5, 0.6) is 0 Å². The molecule has 3 aromatic carbocycles. The minimum atomic E-state index is -1.22. The fourth-order valence-corrected chi connectivity index (χ4v) is 3.29. The van der Waals surface area contributed by atoms with Crippen LogP contribution in [0.25, 0.3) is 0 Å². The Balaban J connectivity index is 2.21. The summed E-state index contributed by atoms with van der Waals surface area (Å²) >= 11 is 0. The fourth-order valence-electron chi connectivity index (χ4n) is 3.29. The van der Waals surface area contributed by atoms with Crippen molar-refractivity contribution >= 4 is 11.6 Å². The first-order valence-corrected chi connectivity index (χ1v) is 8.45. The molecule has 25 heavy (non-hydrogen) atoms. The van der Waals surface area contributed by atoms with Crippen molar-refractivity contribution in [1.29, 1.82) is 0 Å². The van der Waals surface area contributed by atoms with Crippen molar-refractivity contribution in [2.45, 2.75) is 18.8 Å². The van der Waals surface area contributed by atoms with Crippen molar-refractivity contribution in [2.75, 3.05) is 0 Å². The summed E-state index contributed by atoms with van der Waals surface area (Å²) in [5.41, 5.74) is 0.624. The molecular formula is C23H20O2. The van der Waals surface area contributed by atoms with E-state index in [1.54, 1.807) is 24.3 Å². The molecule has 0 saturated heterocycles. The summed E-state index contributed by atoms with van der Waals surface area (Å²) < 4.78 is 0. The second-order valence-corrected chi connectivity index (χ2v) is 6.02. The van der Waals surface area contributed by atoms with Gasteiger partial charge in [-0.15, -0.1) is 0 Å². The molecular weight excluding hydrogens is 308 g/mol. The highest BCUT2D eigenvalue weighted by Crippen LogP contribution is 2.35. The number of carbonyl (C=O) groups excluding carboxylic acids is 2. The Bertz CT molecular complexity index is 801. The van der Waals surface area contributed by atoms with Crippen molar-refractivity contribution in [1.82, 2.24) is 0 Å². The Kier molecular flexibility index (Phi) is 4.90. The summed E-state index contributed by atoms with van der Waals surface area (Å²) in [5, 5.41) is 0. The van der Waals surface area contributed by atoms with Crippen molar-refractivity contribution in [2.24, 2.45) is 0 Å². The normalized spacial score (nSPS) is 11.1. The molecule has 0 saturated carbocycles. The molecule has 124 valence electrons. The summed E-state index contributed by atoms with van der Waals surface area (Å²) in [6.07, 6.45) is 0.401. The smallest absolute Gasteiger partial charge is 0.181 e. The first kappa shape index (κ1) is 16.8. The summed E-state index contributed by atoms with van der Waals surface area (Å²) in [5.74, 6) is -0.314. The van der Waals surface area contributed by atoms with E-state index in [9.17, 15) is 9.59 Å². The van der Waals surface area contributed by atoms with E-state index in [1.807, 2.05) is 73.7 Å². The molecule has 0 heterocycles. The van der Waals surface area contributed by atoms with Crippen molar-refractivity contribution in [3.8, 4) is 0 Å². The van der Waals surface area contributed by atoms with Crippen LogP contribution in [0.4, 0.5) is 0 Å². The van der Waals surface area contributed by atoms with E-state index in [-0.39, 0.29) is 11.6 Å². The zero-order valence-corrected chi connectivity index (χ0v) is 14.2. The van der Waals surface area contributed by atoms with E-state index in [0.717, 1.165) is 5.56 Å². The molecule has 0 N–H and O–H groups in total. The molecule has 3 rings (SSSR count). The van der Waals surface area contributed by atoms with Crippen LogP contribution in [0.1, 0.15) is 39.6 Å². The van der Waals surface area contributed by atoms with Gasteiger partial charge < -0.3 is 0 Å². The van der Waals surface area contributed by atoms with Crippen LogP contribution in [0.15, 0.2) is 91.0 Å². The predicted octanol–water partition coefficient (Wildman–Crippen LogP) is 5.10. The van der Waals surface area contributed by atoms with Crippen molar-refractivity contribution < 1.29 is 9.59 Å². The van der Waals surface area contributed by atoms with Crippen LogP contribution in [-0.4, -0.2) is 11.6 Å². The lowest BCUT2D eigenvalue weighted by molar-refractivity contribution is 0.0756. The molecule has 0 bridgehead atoms. The summed E-state index contributed by atoms with van der Waals surface area (Å²) in [6, 6.07) is 27.5. The summed E-state index contributed by atoms with van der Waals surface area (Å²) in [7, 11) is 0. The maximum atomic E-state index is 13.5. The maximum Gasteiger partial charge on any atom is 0.181 e. The average molecular weight is 328 g/mol. The van der Waals surface area contributed by atoms with Gasteiger partial charge in [-0.05, 0) is 12.0 Å². The van der Waals surface area contributed by atoms with Crippen molar-refractivity contribution in [3.05, 3.63) is 108 Å². The number of ketones is 2. The maximum absolute atomic E-state index is 13.5. The van der Waals surface area contributed by atoms with E-state index in [1.165, 1.54) is 0 Å². The number of carbonyl (C=O) groups is 2. The molecule has 0 fully saturated rings. The third-order valence-corrected chi connectivity index (χ3v) is 4.64. The van der Waals surface area contributed by atoms with Gasteiger partial charge in [0, 0.05) is 11.1 Å². The zero-order valence-electron chi connectivity index (χ0n) is 14.2. The Morgan fingerprint density at radius 1 is 0.640 bits per heavy atom. The topological polar surface area (TPSA) is 34.1 Å². The molecule has 0 atom stereocenters. The molecule has 0 radical (unpaired) electrons. The highest BCUT2D eigenvalue weighted by atomic mass is 16.2. The van der Waals surface area contributed by atoms with Crippen LogP contribution in [0.3, 0.4) is 0 Å². The fraction of sp³-hybridized carbons (Fsp3) is 0.130. The molecule has 0 aromatic heterocycles. The van der Waals surface area contributed by atoms with Gasteiger partial charge in [0.1, 0.15) is 5.41 Å². The van der Waals surface area contributed by atoms with E-state index in [0.29, 0.717) is 17.5 Å². The number of rotatable bonds is 6.